The molecule has 0 spiro atoms. The zero-order chi connectivity index (χ0) is 14.8. The minimum Gasteiger partial charge on any atom is -0.382 e. The zero-order valence-electron chi connectivity index (χ0n) is 12.2. The molecule has 1 aromatic carbocycles. The SMILES string of the molecule is C=NCCCC=C(C)C(N)=NN=Cc1ccccc1C. The van der Waals surface area contributed by atoms with E-state index in [4.69, 9.17) is 5.73 Å². The Morgan fingerprint density at radius 2 is 2.10 bits per heavy atom. The Morgan fingerprint density at radius 1 is 1.35 bits per heavy atom. The van der Waals surface area contributed by atoms with Crippen LogP contribution in [0.3, 0.4) is 0 Å². The molecule has 4 heteroatoms. The highest BCUT2D eigenvalue weighted by Crippen LogP contribution is 2.04. The van der Waals surface area contributed by atoms with Crippen LogP contribution in [0.5, 0.6) is 0 Å². The molecular formula is C16H22N4. The molecule has 0 aliphatic carbocycles. The number of benzene rings is 1. The highest BCUT2D eigenvalue weighted by atomic mass is 15.2. The van der Waals surface area contributed by atoms with Crippen molar-refractivity contribution >= 4 is 18.8 Å². The molecule has 0 saturated carbocycles. The summed E-state index contributed by atoms with van der Waals surface area (Å²) in [6.07, 6.45) is 5.66. The molecule has 106 valence electrons. The van der Waals surface area contributed by atoms with E-state index in [-0.39, 0.29) is 0 Å². The molecule has 0 bridgehead atoms. The summed E-state index contributed by atoms with van der Waals surface area (Å²) in [4.78, 5) is 3.80. The van der Waals surface area contributed by atoms with E-state index >= 15 is 0 Å². The van der Waals surface area contributed by atoms with Crippen molar-refractivity contribution in [1.29, 1.82) is 0 Å². The molecule has 0 aliphatic rings. The van der Waals surface area contributed by atoms with E-state index in [2.05, 4.69) is 21.9 Å². The second-order valence-corrected chi connectivity index (χ2v) is 4.56. The molecule has 4 nitrogen and oxygen atoms in total. The van der Waals surface area contributed by atoms with Gasteiger partial charge < -0.3 is 10.7 Å². The van der Waals surface area contributed by atoms with Crippen LogP contribution < -0.4 is 5.73 Å². The van der Waals surface area contributed by atoms with Crippen LogP contribution in [0.15, 0.2) is 51.1 Å². The monoisotopic (exact) mass is 270 g/mol. The van der Waals surface area contributed by atoms with Gasteiger partial charge in [-0.1, -0.05) is 30.3 Å². The lowest BCUT2D eigenvalue weighted by Crippen LogP contribution is -2.12. The fraction of sp³-hybridized carbons (Fsp3) is 0.312. The summed E-state index contributed by atoms with van der Waals surface area (Å²) in [7, 11) is 0. The maximum Gasteiger partial charge on any atom is 0.148 e. The number of rotatable bonds is 7. The van der Waals surface area contributed by atoms with Crippen molar-refractivity contribution in [2.45, 2.75) is 26.7 Å². The number of hydrogen-bond donors (Lipinski definition) is 1. The predicted octanol–water partition coefficient (Wildman–Crippen LogP) is 3.11. The fourth-order valence-electron chi connectivity index (χ4n) is 1.59. The first kappa shape index (κ1) is 15.8. The molecular weight excluding hydrogens is 248 g/mol. The van der Waals surface area contributed by atoms with Crippen molar-refractivity contribution < 1.29 is 0 Å². The molecule has 1 rings (SSSR count). The van der Waals surface area contributed by atoms with Crippen molar-refractivity contribution in [1.82, 2.24) is 0 Å². The van der Waals surface area contributed by atoms with Gasteiger partial charge in [0, 0.05) is 6.54 Å². The van der Waals surface area contributed by atoms with E-state index in [0.29, 0.717) is 5.84 Å². The molecule has 0 amide bonds. The van der Waals surface area contributed by atoms with Gasteiger partial charge in [-0.05, 0) is 50.1 Å². The predicted molar refractivity (Wildman–Crippen MR) is 87.8 cm³/mol. The van der Waals surface area contributed by atoms with Crippen LogP contribution in [-0.4, -0.2) is 25.3 Å². The van der Waals surface area contributed by atoms with Gasteiger partial charge in [0.2, 0.25) is 0 Å². The smallest absolute Gasteiger partial charge is 0.148 e. The van der Waals surface area contributed by atoms with Gasteiger partial charge >= 0.3 is 0 Å². The summed E-state index contributed by atoms with van der Waals surface area (Å²) in [6.45, 7) is 8.19. The minimum atomic E-state index is 0.446. The fourth-order valence-corrected chi connectivity index (χ4v) is 1.59. The van der Waals surface area contributed by atoms with Crippen molar-refractivity contribution in [2.75, 3.05) is 6.54 Å². The van der Waals surface area contributed by atoms with Gasteiger partial charge in [-0.3, -0.25) is 0 Å². The average Bonchev–Trinajstić information content (AvgIpc) is 2.45. The Hall–Kier alpha value is -2.23. The van der Waals surface area contributed by atoms with E-state index in [1.54, 1.807) is 6.21 Å². The largest absolute Gasteiger partial charge is 0.382 e. The van der Waals surface area contributed by atoms with Crippen LogP contribution >= 0.6 is 0 Å². The Morgan fingerprint density at radius 3 is 2.80 bits per heavy atom. The number of hydrogen-bond acceptors (Lipinski definition) is 3. The van der Waals surface area contributed by atoms with Crippen LogP contribution in [0, 0.1) is 6.92 Å². The van der Waals surface area contributed by atoms with Crippen molar-refractivity contribution in [2.24, 2.45) is 20.9 Å². The summed E-state index contributed by atoms with van der Waals surface area (Å²) < 4.78 is 0. The second-order valence-electron chi connectivity index (χ2n) is 4.56. The Balaban J connectivity index is 2.60. The lowest BCUT2D eigenvalue weighted by Gasteiger charge is -1.99. The third kappa shape index (κ3) is 5.61. The Labute approximate surface area is 120 Å². The van der Waals surface area contributed by atoms with Gasteiger partial charge in [-0.25, -0.2) is 0 Å². The van der Waals surface area contributed by atoms with Crippen LogP contribution in [0.4, 0.5) is 0 Å². The van der Waals surface area contributed by atoms with Gasteiger partial charge in [0.05, 0.1) is 6.21 Å². The summed E-state index contributed by atoms with van der Waals surface area (Å²) in [5, 5.41) is 8.06. The van der Waals surface area contributed by atoms with Gasteiger partial charge in [0.15, 0.2) is 0 Å². The molecule has 0 saturated heterocycles. The summed E-state index contributed by atoms with van der Waals surface area (Å²) >= 11 is 0. The van der Waals surface area contributed by atoms with E-state index in [0.717, 1.165) is 36.1 Å². The lowest BCUT2D eigenvalue weighted by atomic mass is 10.1. The molecule has 0 unspecified atom stereocenters. The van der Waals surface area contributed by atoms with Crippen LogP contribution in [0.25, 0.3) is 0 Å². The molecule has 0 radical (unpaired) electrons. The third-order valence-corrected chi connectivity index (χ3v) is 2.93. The van der Waals surface area contributed by atoms with Crippen LogP contribution in [-0.2, 0) is 0 Å². The number of nitrogens with zero attached hydrogens (tertiary/aromatic N) is 3. The molecule has 1 aromatic rings. The Kier molecular flexibility index (Phi) is 6.96. The van der Waals surface area contributed by atoms with Crippen molar-refractivity contribution in [3.8, 4) is 0 Å². The number of nitrogens with two attached hydrogens (primary N) is 1. The maximum absolute atomic E-state index is 5.87. The van der Waals surface area contributed by atoms with E-state index < -0.39 is 0 Å². The average molecular weight is 270 g/mol. The Bertz CT molecular complexity index is 527. The molecule has 0 atom stereocenters. The molecule has 0 heterocycles. The van der Waals surface area contributed by atoms with Gasteiger partial charge in [0.25, 0.3) is 0 Å². The van der Waals surface area contributed by atoms with E-state index in [1.807, 2.05) is 44.2 Å². The first-order chi connectivity index (χ1) is 9.65. The standard InChI is InChI=1S/C16H22N4/c1-13-8-4-5-10-15(13)12-19-20-16(17)14(2)9-6-7-11-18-3/h4-5,8-10,12H,3,6-7,11H2,1-2H3,(H2,17,20). The summed E-state index contributed by atoms with van der Waals surface area (Å²) in [6, 6.07) is 8.00. The first-order valence-electron chi connectivity index (χ1n) is 6.67. The first-order valence-corrected chi connectivity index (χ1v) is 6.67. The second kappa shape index (κ2) is 8.80. The number of aryl methyl sites for hydroxylation is 1. The number of unbranched alkanes of at least 4 members (excludes halogenated alkanes) is 1. The topological polar surface area (TPSA) is 63.1 Å². The van der Waals surface area contributed by atoms with Gasteiger partial charge in [-0.15, -0.1) is 5.10 Å². The van der Waals surface area contributed by atoms with Gasteiger partial charge in [0.1, 0.15) is 5.84 Å². The third-order valence-electron chi connectivity index (χ3n) is 2.93. The molecule has 0 aromatic heterocycles. The quantitative estimate of drug-likeness (QED) is 0.352. The zero-order valence-corrected chi connectivity index (χ0v) is 12.2. The van der Waals surface area contributed by atoms with E-state index in [9.17, 15) is 0 Å². The highest BCUT2D eigenvalue weighted by molar-refractivity contribution is 5.96. The molecule has 0 fully saturated rings. The summed E-state index contributed by atoms with van der Waals surface area (Å²) in [5.74, 6) is 0.446. The number of aliphatic imine (C=N–C) groups is 1. The molecule has 2 N–H and O–H groups in total. The normalized spacial score (nSPS) is 12.9. The molecule has 20 heavy (non-hydrogen) atoms. The minimum absolute atomic E-state index is 0.446. The van der Waals surface area contributed by atoms with Crippen molar-refractivity contribution in [3.63, 3.8) is 0 Å². The van der Waals surface area contributed by atoms with E-state index in [1.165, 1.54) is 0 Å². The molecule has 0 aliphatic heterocycles. The maximum atomic E-state index is 5.87. The number of amidine groups is 1. The van der Waals surface area contributed by atoms with Crippen LogP contribution in [0.2, 0.25) is 0 Å². The lowest BCUT2D eigenvalue weighted by molar-refractivity contribution is 0.858. The number of allylic oxidation sites excluding steroid dienone is 1. The van der Waals surface area contributed by atoms with Gasteiger partial charge in [-0.2, -0.15) is 5.10 Å². The highest BCUT2D eigenvalue weighted by Gasteiger charge is 1.95. The van der Waals surface area contributed by atoms with Crippen LogP contribution in [0.1, 0.15) is 30.9 Å². The summed E-state index contributed by atoms with van der Waals surface area (Å²) in [5.41, 5.74) is 9.01. The van der Waals surface area contributed by atoms with Crippen molar-refractivity contribution in [3.05, 3.63) is 47.0 Å².